The maximum Gasteiger partial charge on any atom is 0.445 e. The Morgan fingerprint density at radius 1 is 1.16 bits per heavy atom. The average molecular weight is 378 g/mol. The van der Waals surface area contributed by atoms with E-state index in [0.29, 0.717) is 24.4 Å². The van der Waals surface area contributed by atoms with Crippen LogP contribution in [0, 0.1) is 0 Å². The predicted molar refractivity (Wildman–Crippen MR) is 78.8 cm³/mol. The Hall–Kier alpha value is -2.44. The second-order valence-corrected chi connectivity index (χ2v) is 6.42. The molecule has 4 amide bonds. The molecule has 0 aromatic carbocycles. The molecule has 0 saturated carbocycles. The molecule has 2 fully saturated rings. The number of carbonyl (C=O) groups excluding carboxylic acids is 3. The quantitative estimate of drug-likeness (QED) is 0.729. The van der Waals surface area contributed by atoms with Crippen molar-refractivity contribution in [3.63, 3.8) is 0 Å². The molecule has 9 nitrogen and oxygen atoms in total. The van der Waals surface area contributed by atoms with Crippen molar-refractivity contribution in [1.29, 1.82) is 0 Å². The van der Waals surface area contributed by atoms with Gasteiger partial charge >= 0.3 is 12.2 Å². The Kier molecular flexibility index (Phi) is 4.49. The van der Waals surface area contributed by atoms with Gasteiger partial charge in [-0.2, -0.15) is 13.2 Å². The van der Waals surface area contributed by atoms with Crippen molar-refractivity contribution in [2.24, 2.45) is 0 Å². The van der Waals surface area contributed by atoms with Gasteiger partial charge in [0.1, 0.15) is 13.1 Å². The van der Waals surface area contributed by atoms with Gasteiger partial charge in [0.2, 0.25) is 22.0 Å². The van der Waals surface area contributed by atoms with Crippen LogP contribution in [-0.4, -0.2) is 77.1 Å². The third-order valence-electron chi connectivity index (χ3n) is 3.75. The van der Waals surface area contributed by atoms with Crippen LogP contribution < -0.4 is 10.2 Å². The van der Waals surface area contributed by atoms with E-state index in [1.165, 1.54) is 4.90 Å². The van der Waals surface area contributed by atoms with Crippen LogP contribution in [0.5, 0.6) is 0 Å². The molecule has 3 heterocycles. The molecule has 2 aliphatic rings. The Morgan fingerprint density at radius 3 is 2.36 bits per heavy atom. The van der Waals surface area contributed by atoms with E-state index in [1.54, 1.807) is 4.90 Å². The number of rotatable bonds is 3. The molecule has 2 aliphatic heterocycles. The summed E-state index contributed by atoms with van der Waals surface area (Å²) in [6.07, 6.45) is -4.53. The molecular weight excluding hydrogens is 365 g/mol. The van der Waals surface area contributed by atoms with Crippen molar-refractivity contribution in [3.05, 3.63) is 5.01 Å². The number of carbonyl (C=O) groups is 3. The van der Waals surface area contributed by atoms with E-state index in [-0.39, 0.29) is 37.2 Å². The third kappa shape index (κ3) is 3.81. The largest absolute Gasteiger partial charge is 0.445 e. The SMILES string of the molecule is O=C1CN(CC(=O)N2CCN(c3nnc(C(F)(F)F)s3)CC2)C(=O)N1. The first-order valence-corrected chi connectivity index (χ1v) is 8.08. The minimum Gasteiger partial charge on any atom is -0.343 e. The number of urea groups is 1. The van der Waals surface area contributed by atoms with Gasteiger partial charge < -0.3 is 14.7 Å². The molecule has 0 aliphatic carbocycles. The van der Waals surface area contributed by atoms with E-state index < -0.39 is 23.1 Å². The number of imide groups is 1. The molecule has 0 spiro atoms. The lowest BCUT2D eigenvalue weighted by Crippen LogP contribution is -2.51. The topological polar surface area (TPSA) is 98.7 Å². The van der Waals surface area contributed by atoms with Crippen LogP contribution in [-0.2, 0) is 15.8 Å². The lowest BCUT2D eigenvalue weighted by Gasteiger charge is -2.34. The van der Waals surface area contributed by atoms with E-state index in [1.807, 2.05) is 0 Å². The fraction of sp³-hybridized carbons (Fsp3) is 0.583. The fourth-order valence-electron chi connectivity index (χ4n) is 2.48. The summed E-state index contributed by atoms with van der Waals surface area (Å²) in [7, 11) is 0. The van der Waals surface area contributed by atoms with Crippen molar-refractivity contribution in [3.8, 4) is 0 Å². The monoisotopic (exact) mass is 378 g/mol. The number of alkyl halides is 3. The maximum atomic E-state index is 12.6. The summed E-state index contributed by atoms with van der Waals surface area (Å²) in [4.78, 5) is 38.9. The lowest BCUT2D eigenvalue weighted by atomic mass is 10.3. The lowest BCUT2D eigenvalue weighted by molar-refractivity contribution is -0.138. The molecule has 1 aromatic heterocycles. The first-order chi connectivity index (χ1) is 11.7. The van der Waals surface area contributed by atoms with Gasteiger partial charge in [-0.25, -0.2) is 4.79 Å². The van der Waals surface area contributed by atoms with Crippen LogP contribution >= 0.6 is 11.3 Å². The number of aromatic nitrogens is 2. The molecule has 0 unspecified atom stereocenters. The van der Waals surface area contributed by atoms with Crippen molar-refractivity contribution in [1.82, 2.24) is 25.3 Å². The first-order valence-electron chi connectivity index (χ1n) is 7.26. The summed E-state index contributed by atoms with van der Waals surface area (Å²) >= 11 is 0.459. The van der Waals surface area contributed by atoms with Gasteiger partial charge in [0.15, 0.2) is 0 Å². The summed E-state index contributed by atoms with van der Waals surface area (Å²) in [5.74, 6) is -0.780. The van der Waals surface area contributed by atoms with Gasteiger partial charge in [-0.3, -0.25) is 14.9 Å². The fourth-order valence-corrected chi connectivity index (χ4v) is 3.24. The highest BCUT2D eigenvalue weighted by Crippen LogP contribution is 2.34. The van der Waals surface area contributed by atoms with Crippen molar-refractivity contribution in [2.45, 2.75) is 6.18 Å². The van der Waals surface area contributed by atoms with Crippen molar-refractivity contribution >= 4 is 34.3 Å². The summed E-state index contributed by atoms with van der Waals surface area (Å²) in [6, 6.07) is -0.606. The summed E-state index contributed by atoms with van der Waals surface area (Å²) < 4.78 is 37.7. The van der Waals surface area contributed by atoms with Crippen LogP contribution in [0.15, 0.2) is 0 Å². The van der Waals surface area contributed by atoms with E-state index in [2.05, 4.69) is 15.5 Å². The second kappa shape index (κ2) is 6.46. The number of amides is 4. The van der Waals surface area contributed by atoms with E-state index in [9.17, 15) is 27.6 Å². The number of anilines is 1. The van der Waals surface area contributed by atoms with Gasteiger partial charge in [0.05, 0.1) is 0 Å². The zero-order valence-corrected chi connectivity index (χ0v) is 13.6. The number of piperazine rings is 1. The van der Waals surface area contributed by atoms with Crippen LogP contribution in [0.1, 0.15) is 5.01 Å². The Labute approximate surface area is 143 Å². The first kappa shape index (κ1) is 17.4. The minimum atomic E-state index is -4.53. The van der Waals surface area contributed by atoms with Crippen LogP contribution in [0.4, 0.5) is 23.1 Å². The number of hydrogen-bond donors (Lipinski definition) is 1. The standard InChI is InChI=1S/C12H13F3N6O3S/c13-12(14,15)9-17-18-11(25-9)20-3-1-19(2-4-20)8(23)6-21-5-7(22)16-10(21)24/h1-6H2,(H,16,22,24). The second-order valence-electron chi connectivity index (χ2n) is 5.46. The molecular formula is C12H13F3N6O3S. The van der Waals surface area contributed by atoms with Crippen molar-refractivity contribution < 1.29 is 27.6 Å². The van der Waals surface area contributed by atoms with Crippen LogP contribution in [0.25, 0.3) is 0 Å². The molecule has 1 N–H and O–H groups in total. The molecule has 0 atom stereocenters. The molecule has 0 bridgehead atoms. The van der Waals surface area contributed by atoms with Gasteiger partial charge in [-0.05, 0) is 0 Å². The highest BCUT2D eigenvalue weighted by molar-refractivity contribution is 7.15. The van der Waals surface area contributed by atoms with Crippen LogP contribution in [0.2, 0.25) is 0 Å². The third-order valence-corrected chi connectivity index (χ3v) is 4.78. The molecule has 2 saturated heterocycles. The number of hydrogen-bond acceptors (Lipinski definition) is 7. The number of halogens is 3. The highest BCUT2D eigenvalue weighted by Gasteiger charge is 2.37. The van der Waals surface area contributed by atoms with Gasteiger partial charge in [-0.1, -0.05) is 11.3 Å². The number of nitrogens with one attached hydrogen (secondary N) is 1. The van der Waals surface area contributed by atoms with E-state index >= 15 is 0 Å². The summed E-state index contributed by atoms with van der Waals surface area (Å²) in [6.45, 7) is 0.809. The molecule has 3 rings (SSSR count). The summed E-state index contributed by atoms with van der Waals surface area (Å²) in [5, 5.41) is 7.92. The van der Waals surface area contributed by atoms with E-state index in [4.69, 9.17) is 0 Å². The normalized spacial score (nSPS) is 18.8. The Morgan fingerprint density at radius 2 is 1.84 bits per heavy atom. The van der Waals surface area contributed by atoms with Crippen molar-refractivity contribution in [2.75, 3.05) is 44.2 Å². The van der Waals surface area contributed by atoms with Crippen LogP contribution in [0.3, 0.4) is 0 Å². The maximum absolute atomic E-state index is 12.6. The van der Waals surface area contributed by atoms with Gasteiger partial charge in [0.25, 0.3) is 0 Å². The molecule has 1 aromatic rings. The Bertz CT molecular complexity index is 701. The summed E-state index contributed by atoms with van der Waals surface area (Å²) in [5.41, 5.74) is 0. The molecule has 0 radical (unpaired) electrons. The van der Waals surface area contributed by atoms with Gasteiger partial charge in [-0.15, -0.1) is 10.2 Å². The predicted octanol–water partition coefficient (Wildman–Crippen LogP) is -0.243. The highest BCUT2D eigenvalue weighted by atomic mass is 32.1. The average Bonchev–Trinajstić information content (AvgIpc) is 3.14. The molecule has 136 valence electrons. The minimum absolute atomic E-state index is 0.156. The zero-order chi connectivity index (χ0) is 18.2. The van der Waals surface area contributed by atoms with E-state index in [0.717, 1.165) is 4.90 Å². The number of nitrogens with zero attached hydrogens (tertiary/aromatic N) is 5. The zero-order valence-electron chi connectivity index (χ0n) is 12.7. The molecule has 25 heavy (non-hydrogen) atoms. The smallest absolute Gasteiger partial charge is 0.343 e. The molecule has 13 heteroatoms. The Balaban J connectivity index is 1.53. The van der Waals surface area contributed by atoms with Gasteiger partial charge in [0, 0.05) is 26.2 Å².